The molecule has 0 radical (unpaired) electrons. The second-order valence-corrected chi connectivity index (χ2v) is 7.90. The molecule has 0 amide bonds. The number of carbonyl (C=O) groups is 1. The van der Waals surface area contributed by atoms with Crippen LogP contribution in [-0.2, 0) is 22.4 Å². The van der Waals surface area contributed by atoms with Crippen LogP contribution in [0.15, 0.2) is 75.5 Å². The number of benzene rings is 2. The Morgan fingerprint density at radius 1 is 1.20 bits per heavy atom. The first kappa shape index (κ1) is 20.0. The van der Waals surface area contributed by atoms with Crippen molar-refractivity contribution in [2.45, 2.75) is 45.3 Å². The molecule has 2 unspecified atom stereocenters. The number of allylic oxidation sites excluding steroid dienone is 1. The first-order chi connectivity index (χ1) is 14.4. The van der Waals surface area contributed by atoms with E-state index in [-0.39, 0.29) is 12.1 Å². The third-order valence-corrected chi connectivity index (χ3v) is 5.64. The molecule has 3 aromatic rings. The first-order valence-corrected chi connectivity index (χ1v) is 10.0. The van der Waals surface area contributed by atoms with E-state index in [1.807, 2.05) is 50.2 Å². The third kappa shape index (κ3) is 3.88. The van der Waals surface area contributed by atoms with Gasteiger partial charge in [0.2, 0.25) is 0 Å². The Hall–Kier alpha value is -3.34. The molecule has 0 aliphatic carbocycles. The normalized spacial score (nSPS) is 17.8. The van der Waals surface area contributed by atoms with Crippen LogP contribution < -0.4 is 10.4 Å². The Balaban J connectivity index is 1.68. The van der Waals surface area contributed by atoms with E-state index >= 15 is 0 Å². The molecule has 0 fully saturated rings. The molecule has 1 aliphatic heterocycles. The second kappa shape index (κ2) is 7.82. The van der Waals surface area contributed by atoms with E-state index < -0.39 is 11.2 Å². The minimum Gasteiger partial charge on any atom is -0.485 e. The Labute approximate surface area is 174 Å². The minimum atomic E-state index is -0.880. The highest BCUT2D eigenvalue weighted by atomic mass is 16.6. The highest BCUT2D eigenvalue weighted by Gasteiger charge is 2.44. The zero-order chi connectivity index (χ0) is 21.3. The Morgan fingerprint density at radius 2 is 1.97 bits per heavy atom. The van der Waals surface area contributed by atoms with Crippen LogP contribution in [0.2, 0.25) is 0 Å². The summed E-state index contributed by atoms with van der Waals surface area (Å²) >= 11 is 0. The maximum absolute atomic E-state index is 12.6. The molecular formula is C25H24O5. The maximum Gasteiger partial charge on any atom is 0.336 e. The van der Waals surface area contributed by atoms with Crippen molar-refractivity contribution in [1.29, 1.82) is 0 Å². The molecule has 1 aromatic heterocycles. The van der Waals surface area contributed by atoms with E-state index in [4.69, 9.17) is 13.9 Å². The van der Waals surface area contributed by atoms with Gasteiger partial charge in [0.1, 0.15) is 17.4 Å². The molecule has 0 saturated heterocycles. The molecular weight excluding hydrogens is 380 g/mol. The summed E-state index contributed by atoms with van der Waals surface area (Å²) < 4.78 is 17.6. The van der Waals surface area contributed by atoms with Crippen molar-refractivity contribution in [3.05, 3.63) is 87.8 Å². The van der Waals surface area contributed by atoms with E-state index in [0.29, 0.717) is 29.7 Å². The van der Waals surface area contributed by atoms with Gasteiger partial charge < -0.3 is 13.9 Å². The summed E-state index contributed by atoms with van der Waals surface area (Å²) in [5.41, 5.74) is 1.81. The van der Waals surface area contributed by atoms with Crippen molar-refractivity contribution in [2.24, 2.45) is 0 Å². The van der Waals surface area contributed by atoms with Gasteiger partial charge in [-0.3, -0.25) is 0 Å². The van der Waals surface area contributed by atoms with Crippen LogP contribution >= 0.6 is 0 Å². The molecule has 2 atom stereocenters. The van der Waals surface area contributed by atoms with Crippen LogP contribution in [0, 0.1) is 0 Å². The van der Waals surface area contributed by atoms with Gasteiger partial charge in [-0.1, -0.05) is 36.4 Å². The topological polar surface area (TPSA) is 65.7 Å². The molecule has 0 bridgehead atoms. The molecule has 154 valence electrons. The van der Waals surface area contributed by atoms with E-state index in [9.17, 15) is 9.59 Å². The second-order valence-electron chi connectivity index (χ2n) is 7.90. The summed E-state index contributed by atoms with van der Waals surface area (Å²) in [6.45, 7) is 5.47. The average Bonchev–Trinajstić information content (AvgIpc) is 3.15. The number of carbonyl (C=O) groups excluding carboxylic acids is 1. The standard InChI is InChI=1S/C25H24O5/c1-4-16(2)24(27)30-25(3,15-17-8-6-5-7-9-17)22-13-19-12-18-10-11-23(26)29-20(18)14-21(19)28-22/h4-12,14,22H,13,15H2,1-3H3. The summed E-state index contributed by atoms with van der Waals surface area (Å²) in [5, 5.41) is 0.837. The largest absolute Gasteiger partial charge is 0.485 e. The van der Waals surface area contributed by atoms with Gasteiger partial charge in [0, 0.05) is 35.9 Å². The first-order valence-electron chi connectivity index (χ1n) is 10.0. The van der Waals surface area contributed by atoms with Crippen molar-refractivity contribution < 1.29 is 18.7 Å². The van der Waals surface area contributed by atoms with E-state index in [1.54, 1.807) is 25.1 Å². The fourth-order valence-corrected chi connectivity index (χ4v) is 3.78. The predicted molar refractivity (Wildman–Crippen MR) is 115 cm³/mol. The van der Waals surface area contributed by atoms with E-state index in [0.717, 1.165) is 16.5 Å². The quantitative estimate of drug-likeness (QED) is 0.353. The van der Waals surface area contributed by atoms with Gasteiger partial charge in [0.15, 0.2) is 5.60 Å². The van der Waals surface area contributed by atoms with E-state index in [1.165, 1.54) is 6.07 Å². The zero-order valence-corrected chi connectivity index (χ0v) is 17.3. The molecule has 5 heteroatoms. The van der Waals surface area contributed by atoms with Crippen LogP contribution in [-0.4, -0.2) is 17.7 Å². The van der Waals surface area contributed by atoms with Gasteiger partial charge in [-0.15, -0.1) is 0 Å². The number of rotatable bonds is 5. The van der Waals surface area contributed by atoms with Crippen molar-refractivity contribution >= 4 is 16.9 Å². The lowest BCUT2D eigenvalue weighted by Gasteiger charge is -2.34. The van der Waals surface area contributed by atoms with Gasteiger partial charge in [0.25, 0.3) is 0 Å². The molecule has 2 heterocycles. The fraction of sp³-hybridized carbons (Fsp3) is 0.280. The van der Waals surface area contributed by atoms with Gasteiger partial charge >= 0.3 is 11.6 Å². The van der Waals surface area contributed by atoms with Crippen molar-refractivity contribution in [2.75, 3.05) is 0 Å². The van der Waals surface area contributed by atoms with Crippen molar-refractivity contribution in [1.82, 2.24) is 0 Å². The number of hydrogen-bond donors (Lipinski definition) is 0. The lowest BCUT2D eigenvalue weighted by Crippen LogP contribution is -2.48. The Kier molecular flexibility index (Phi) is 5.20. The smallest absolute Gasteiger partial charge is 0.336 e. The average molecular weight is 404 g/mol. The van der Waals surface area contributed by atoms with Crippen LogP contribution in [0.4, 0.5) is 0 Å². The van der Waals surface area contributed by atoms with Crippen LogP contribution in [0.5, 0.6) is 5.75 Å². The maximum atomic E-state index is 12.6. The van der Waals surface area contributed by atoms with Gasteiger partial charge in [-0.2, -0.15) is 0 Å². The minimum absolute atomic E-state index is 0.355. The molecule has 30 heavy (non-hydrogen) atoms. The number of esters is 1. The third-order valence-electron chi connectivity index (χ3n) is 5.64. The fourth-order valence-electron chi connectivity index (χ4n) is 3.78. The summed E-state index contributed by atoms with van der Waals surface area (Å²) in [6, 6.07) is 16.8. The highest BCUT2D eigenvalue weighted by Crippen LogP contribution is 2.38. The molecule has 0 N–H and O–H groups in total. The number of ether oxygens (including phenoxy) is 2. The predicted octanol–water partition coefficient (Wildman–Crippen LogP) is 4.61. The summed E-state index contributed by atoms with van der Waals surface area (Å²) in [4.78, 5) is 24.2. The SMILES string of the molecule is CC=C(C)C(=O)OC(C)(Cc1ccccc1)C1Cc2cc3ccc(=O)oc3cc2O1. The highest BCUT2D eigenvalue weighted by molar-refractivity contribution is 5.88. The molecule has 5 nitrogen and oxygen atoms in total. The molecule has 1 aliphatic rings. The lowest BCUT2D eigenvalue weighted by molar-refractivity contribution is -0.162. The van der Waals surface area contributed by atoms with Crippen LogP contribution in [0.1, 0.15) is 31.9 Å². The number of hydrogen-bond acceptors (Lipinski definition) is 5. The lowest BCUT2D eigenvalue weighted by atomic mass is 9.88. The van der Waals surface area contributed by atoms with Crippen molar-refractivity contribution in [3.8, 4) is 5.75 Å². The molecule has 0 saturated carbocycles. The van der Waals surface area contributed by atoms with E-state index in [2.05, 4.69) is 0 Å². The monoisotopic (exact) mass is 404 g/mol. The summed E-state index contributed by atoms with van der Waals surface area (Å²) in [6.07, 6.45) is 2.48. The molecule has 4 rings (SSSR count). The van der Waals surface area contributed by atoms with Gasteiger partial charge in [-0.25, -0.2) is 9.59 Å². The Bertz CT molecular complexity index is 1180. The van der Waals surface area contributed by atoms with Crippen LogP contribution in [0.25, 0.3) is 11.0 Å². The van der Waals surface area contributed by atoms with Gasteiger partial charge in [-0.05, 0) is 44.0 Å². The molecule has 0 spiro atoms. The van der Waals surface area contributed by atoms with Crippen LogP contribution in [0.3, 0.4) is 0 Å². The Morgan fingerprint density at radius 3 is 2.70 bits per heavy atom. The molecule has 2 aromatic carbocycles. The summed E-state index contributed by atoms with van der Waals surface area (Å²) in [7, 11) is 0. The summed E-state index contributed by atoms with van der Waals surface area (Å²) in [5.74, 6) is 0.298. The van der Waals surface area contributed by atoms with Crippen molar-refractivity contribution in [3.63, 3.8) is 0 Å². The number of fused-ring (bicyclic) bond motifs is 2. The van der Waals surface area contributed by atoms with Gasteiger partial charge in [0.05, 0.1) is 0 Å². The zero-order valence-electron chi connectivity index (χ0n) is 17.3.